The molecule has 0 saturated heterocycles. The number of amides is 1. The number of carbonyl (C=O) groups is 1. The predicted octanol–water partition coefficient (Wildman–Crippen LogP) is 3.78. The average Bonchev–Trinajstić information content (AvgIpc) is 2.38. The van der Waals surface area contributed by atoms with E-state index in [1.54, 1.807) is 18.3 Å². The number of rotatable bonds is 2. The van der Waals surface area contributed by atoms with E-state index in [0.29, 0.717) is 22.2 Å². The third kappa shape index (κ3) is 3.47. The smallest absolute Gasteiger partial charge is 0.255 e. The molecule has 1 aliphatic carbocycles. The first-order valence-corrected chi connectivity index (χ1v) is 7.15. The lowest BCUT2D eigenvalue weighted by Gasteiger charge is -2.38. The van der Waals surface area contributed by atoms with Gasteiger partial charge in [-0.25, -0.2) is 4.98 Å². The van der Waals surface area contributed by atoms with E-state index in [4.69, 9.17) is 11.6 Å². The van der Waals surface area contributed by atoms with E-state index in [1.165, 1.54) is 12.8 Å². The minimum atomic E-state index is 0.0360. The Kier molecular flexibility index (Phi) is 4.14. The van der Waals surface area contributed by atoms with Crippen LogP contribution < -0.4 is 0 Å². The van der Waals surface area contributed by atoms with Gasteiger partial charge in [-0.1, -0.05) is 25.4 Å². The highest BCUT2D eigenvalue weighted by Gasteiger charge is 2.30. The summed E-state index contributed by atoms with van der Waals surface area (Å²) in [5.74, 6) is 0.0360. The monoisotopic (exact) mass is 280 g/mol. The van der Waals surface area contributed by atoms with Crippen LogP contribution in [0.2, 0.25) is 5.15 Å². The van der Waals surface area contributed by atoms with Crippen LogP contribution in [0.4, 0.5) is 0 Å². The Morgan fingerprint density at radius 2 is 2.00 bits per heavy atom. The van der Waals surface area contributed by atoms with Crippen molar-refractivity contribution in [3.63, 3.8) is 0 Å². The van der Waals surface area contributed by atoms with Gasteiger partial charge >= 0.3 is 0 Å². The second kappa shape index (κ2) is 5.49. The zero-order valence-electron chi connectivity index (χ0n) is 11.8. The minimum Gasteiger partial charge on any atom is -0.339 e. The summed E-state index contributed by atoms with van der Waals surface area (Å²) in [6.45, 7) is 4.60. The molecule has 0 aliphatic heterocycles. The highest BCUT2D eigenvalue weighted by atomic mass is 35.5. The zero-order chi connectivity index (χ0) is 14.0. The summed E-state index contributed by atoms with van der Waals surface area (Å²) in [7, 11) is 1.89. The van der Waals surface area contributed by atoms with Gasteiger partial charge < -0.3 is 4.90 Å². The number of halogens is 1. The van der Waals surface area contributed by atoms with Crippen molar-refractivity contribution < 1.29 is 4.79 Å². The Labute approximate surface area is 120 Å². The summed E-state index contributed by atoms with van der Waals surface area (Å²) < 4.78 is 0. The van der Waals surface area contributed by atoms with Crippen LogP contribution in [0.5, 0.6) is 0 Å². The summed E-state index contributed by atoms with van der Waals surface area (Å²) in [5, 5.41) is 0.415. The Balaban J connectivity index is 2.02. The van der Waals surface area contributed by atoms with E-state index in [1.807, 2.05) is 11.9 Å². The number of hydrogen-bond donors (Lipinski definition) is 0. The molecule has 2 rings (SSSR count). The Morgan fingerprint density at radius 3 is 2.53 bits per heavy atom. The van der Waals surface area contributed by atoms with Gasteiger partial charge in [-0.15, -0.1) is 0 Å². The van der Waals surface area contributed by atoms with Crippen molar-refractivity contribution in [2.24, 2.45) is 5.41 Å². The Bertz CT molecular complexity index is 446. The van der Waals surface area contributed by atoms with Gasteiger partial charge in [0.05, 0.1) is 5.56 Å². The molecule has 3 nitrogen and oxygen atoms in total. The van der Waals surface area contributed by atoms with E-state index < -0.39 is 0 Å². The molecule has 0 radical (unpaired) electrons. The third-order valence-electron chi connectivity index (χ3n) is 4.15. The van der Waals surface area contributed by atoms with Crippen molar-refractivity contribution in [2.45, 2.75) is 45.6 Å². The van der Waals surface area contributed by atoms with Crippen LogP contribution in [-0.2, 0) is 0 Å². The standard InChI is InChI=1S/C15H21ClN2O/c1-15(2)8-6-12(7-9-15)18(3)14(19)11-4-5-13(16)17-10-11/h4-5,10,12H,6-9H2,1-3H3. The molecule has 1 aromatic heterocycles. The third-order valence-corrected chi connectivity index (χ3v) is 4.37. The topological polar surface area (TPSA) is 33.2 Å². The van der Waals surface area contributed by atoms with Crippen molar-refractivity contribution in [1.29, 1.82) is 0 Å². The predicted molar refractivity (Wildman–Crippen MR) is 77.4 cm³/mol. The molecule has 1 aliphatic rings. The van der Waals surface area contributed by atoms with Gasteiger partial charge in [0.25, 0.3) is 5.91 Å². The fraction of sp³-hybridized carbons (Fsp3) is 0.600. The summed E-state index contributed by atoms with van der Waals surface area (Å²) in [6.07, 6.45) is 6.06. The van der Waals surface area contributed by atoms with Crippen molar-refractivity contribution in [3.8, 4) is 0 Å². The van der Waals surface area contributed by atoms with Gasteiger partial charge in [0.2, 0.25) is 0 Å². The molecule has 0 spiro atoms. The van der Waals surface area contributed by atoms with Crippen LogP contribution in [0, 0.1) is 5.41 Å². The maximum atomic E-state index is 12.4. The molecule has 1 saturated carbocycles. The lowest BCUT2D eigenvalue weighted by molar-refractivity contribution is 0.0635. The van der Waals surface area contributed by atoms with Gasteiger partial charge in [-0.3, -0.25) is 4.79 Å². The van der Waals surface area contributed by atoms with E-state index in [0.717, 1.165) is 12.8 Å². The molecule has 1 aromatic rings. The van der Waals surface area contributed by atoms with Crippen LogP contribution >= 0.6 is 11.6 Å². The molecule has 1 fully saturated rings. The fourth-order valence-electron chi connectivity index (χ4n) is 2.64. The lowest BCUT2D eigenvalue weighted by Crippen LogP contribution is -2.40. The Hall–Kier alpha value is -1.09. The molecule has 1 amide bonds. The molecular weight excluding hydrogens is 260 g/mol. The quantitative estimate of drug-likeness (QED) is 0.773. The number of aromatic nitrogens is 1. The van der Waals surface area contributed by atoms with Gasteiger partial charge in [-0.2, -0.15) is 0 Å². The van der Waals surface area contributed by atoms with E-state index in [9.17, 15) is 4.79 Å². The van der Waals surface area contributed by atoms with Crippen molar-refractivity contribution in [2.75, 3.05) is 7.05 Å². The summed E-state index contributed by atoms with van der Waals surface area (Å²) in [5.41, 5.74) is 1.03. The SMILES string of the molecule is CN(C(=O)c1ccc(Cl)nc1)C1CCC(C)(C)CC1. The molecule has 104 valence electrons. The number of hydrogen-bond acceptors (Lipinski definition) is 2. The van der Waals surface area contributed by atoms with Crippen molar-refractivity contribution in [1.82, 2.24) is 9.88 Å². The number of pyridine rings is 1. The van der Waals surface area contributed by atoms with Crippen molar-refractivity contribution in [3.05, 3.63) is 29.0 Å². The zero-order valence-corrected chi connectivity index (χ0v) is 12.6. The molecule has 4 heteroatoms. The molecule has 0 bridgehead atoms. The van der Waals surface area contributed by atoms with E-state index in [-0.39, 0.29) is 5.91 Å². The van der Waals surface area contributed by atoms with Gasteiger partial charge in [-0.05, 0) is 43.2 Å². The maximum absolute atomic E-state index is 12.4. The first-order valence-electron chi connectivity index (χ1n) is 6.78. The molecule has 0 atom stereocenters. The van der Waals surface area contributed by atoms with Crippen LogP contribution in [0.3, 0.4) is 0 Å². The molecule has 0 unspecified atom stereocenters. The first-order chi connectivity index (χ1) is 8.89. The van der Waals surface area contributed by atoms with Gasteiger partial charge in [0.1, 0.15) is 5.15 Å². The molecule has 19 heavy (non-hydrogen) atoms. The van der Waals surface area contributed by atoms with E-state index >= 15 is 0 Å². The number of carbonyl (C=O) groups excluding carboxylic acids is 1. The normalized spacial score (nSPS) is 19.2. The summed E-state index contributed by atoms with van der Waals surface area (Å²) in [4.78, 5) is 18.2. The van der Waals surface area contributed by atoms with Crippen LogP contribution in [0.1, 0.15) is 49.9 Å². The molecule has 0 aromatic carbocycles. The molecule has 1 heterocycles. The van der Waals surface area contributed by atoms with Gasteiger partial charge in [0.15, 0.2) is 0 Å². The Morgan fingerprint density at radius 1 is 1.37 bits per heavy atom. The maximum Gasteiger partial charge on any atom is 0.255 e. The van der Waals surface area contributed by atoms with Crippen LogP contribution in [0.25, 0.3) is 0 Å². The van der Waals surface area contributed by atoms with Gasteiger partial charge in [0, 0.05) is 19.3 Å². The fourth-order valence-corrected chi connectivity index (χ4v) is 2.75. The van der Waals surface area contributed by atoms with Crippen molar-refractivity contribution >= 4 is 17.5 Å². The lowest BCUT2D eigenvalue weighted by atomic mass is 9.75. The average molecular weight is 281 g/mol. The largest absolute Gasteiger partial charge is 0.339 e. The van der Waals surface area contributed by atoms with Crippen LogP contribution in [0.15, 0.2) is 18.3 Å². The minimum absolute atomic E-state index is 0.0360. The first kappa shape index (κ1) is 14.3. The summed E-state index contributed by atoms with van der Waals surface area (Å²) in [6, 6.07) is 3.74. The molecular formula is C15H21ClN2O. The number of nitrogens with zero attached hydrogens (tertiary/aromatic N) is 2. The van der Waals surface area contributed by atoms with E-state index in [2.05, 4.69) is 18.8 Å². The van der Waals surface area contributed by atoms with Crippen LogP contribution in [-0.4, -0.2) is 28.9 Å². The summed E-state index contributed by atoms with van der Waals surface area (Å²) >= 11 is 5.74. The molecule has 0 N–H and O–H groups in total. The highest BCUT2D eigenvalue weighted by Crippen LogP contribution is 2.36. The second-order valence-electron chi connectivity index (χ2n) is 6.18. The second-order valence-corrected chi connectivity index (χ2v) is 6.57. The highest BCUT2D eigenvalue weighted by molar-refractivity contribution is 6.29.